The van der Waals surface area contributed by atoms with Crippen molar-refractivity contribution in [3.63, 3.8) is 0 Å². The van der Waals surface area contributed by atoms with E-state index in [1.54, 1.807) is 39.1 Å². The Morgan fingerprint density at radius 3 is 2.60 bits per heavy atom. The minimum Gasteiger partial charge on any atom is -0.442 e. The fraction of sp³-hybridized carbons (Fsp3) is 0.417. The van der Waals surface area contributed by atoms with Crippen LogP contribution in [0, 0.1) is 5.41 Å². The van der Waals surface area contributed by atoms with Gasteiger partial charge in [0.25, 0.3) is 0 Å². The molecule has 0 radical (unpaired) electrons. The molecular formula is C12H16N6O2. The van der Waals surface area contributed by atoms with Crippen molar-refractivity contribution in [3.8, 4) is 11.4 Å². The summed E-state index contributed by atoms with van der Waals surface area (Å²) in [5, 5.41) is 15.4. The molecule has 0 spiro atoms. The smallest absolute Gasteiger partial charge is 0.313 e. The molecule has 106 valence electrons. The van der Waals surface area contributed by atoms with Gasteiger partial charge in [0.05, 0.1) is 11.6 Å². The van der Waals surface area contributed by atoms with Crippen molar-refractivity contribution in [2.24, 2.45) is 5.41 Å². The summed E-state index contributed by atoms with van der Waals surface area (Å²) in [4.78, 5) is 11.6. The number of hydrogen-bond donors (Lipinski definition) is 1. The molecule has 8 nitrogen and oxygen atoms in total. The second-order valence-corrected chi connectivity index (χ2v) is 5.30. The van der Waals surface area contributed by atoms with Crippen molar-refractivity contribution < 1.29 is 9.53 Å². The van der Waals surface area contributed by atoms with Crippen LogP contribution in [0.1, 0.15) is 20.8 Å². The summed E-state index contributed by atoms with van der Waals surface area (Å²) in [7, 11) is 0. The van der Waals surface area contributed by atoms with Crippen LogP contribution in [0.15, 0.2) is 18.3 Å². The number of anilines is 1. The van der Waals surface area contributed by atoms with Crippen molar-refractivity contribution in [3.05, 3.63) is 18.3 Å². The quantitative estimate of drug-likeness (QED) is 0.828. The van der Waals surface area contributed by atoms with Crippen LogP contribution >= 0.6 is 0 Å². The maximum atomic E-state index is 11.6. The molecule has 0 aliphatic rings. The molecule has 2 rings (SSSR count). The summed E-state index contributed by atoms with van der Waals surface area (Å²) in [5.41, 5.74) is 5.99. The van der Waals surface area contributed by atoms with Gasteiger partial charge in [-0.25, -0.2) is 4.68 Å². The number of nitrogens with two attached hydrogens (primary N) is 1. The molecule has 0 unspecified atom stereocenters. The Balaban J connectivity index is 2.03. The molecule has 0 aromatic carbocycles. The Kier molecular flexibility index (Phi) is 3.64. The van der Waals surface area contributed by atoms with E-state index in [9.17, 15) is 4.79 Å². The highest BCUT2D eigenvalue weighted by molar-refractivity contribution is 5.75. The molecule has 2 heterocycles. The van der Waals surface area contributed by atoms with Gasteiger partial charge in [-0.1, -0.05) is 5.21 Å². The molecule has 20 heavy (non-hydrogen) atoms. The van der Waals surface area contributed by atoms with Gasteiger partial charge in [-0.2, -0.15) is 0 Å². The highest BCUT2D eigenvalue weighted by Gasteiger charge is 2.23. The predicted octanol–water partition coefficient (Wildman–Crippen LogP) is 0.864. The van der Waals surface area contributed by atoms with E-state index in [4.69, 9.17) is 10.5 Å². The molecule has 0 saturated carbocycles. The van der Waals surface area contributed by atoms with Crippen LogP contribution in [0.4, 0.5) is 5.82 Å². The number of hydrogen-bond acceptors (Lipinski definition) is 7. The van der Waals surface area contributed by atoms with Crippen LogP contribution in [0.5, 0.6) is 0 Å². The second kappa shape index (κ2) is 5.24. The van der Waals surface area contributed by atoms with Gasteiger partial charge in [-0.3, -0.25) is 4.79 Å². The number of aromatic nitrogens is 5. The van der Waals surface area contributed by atoms with Gasteiger partial charge in [0, 0.05) is 0 Å². The first-order valence-electron chi connectivity index (χ1n) is 6.03. The molecule has 8 heteroatoms. The highest BCUT2D eigenvalue weighted by Crippen LogP contribution is 2.16. The van der Waals surface area contributed by atoms with Gasteiger partial charge < -0.3 is 10.5 Å². The van der Waals surface area contributed by atoms with Gasteiger partial charge in [0.1, 0.15) is 17.2 Å². The Bertz CT molecular complexity index is 599. The third-order valence-electron chi connectivity index (χ3n) is 2.43. The molecule has 0 aliphatic heterocycles. The van der Waals surface area contributed by atoms with E-state index in [0.29, 0.717) is 17.2 Å². The zero-order valence-electron chi connectivity index (χ0n) is 11.6. The average Bonchev–Trinajstić information content (AvgIpc) is 2.84. The van der Waals surface area contributed by atoms with E-state index in [0.717, 1.165) is 0 Å². The van der Waals surface area contributed by atoms with Crippen LogP contribution in [0.25, 0.3) is 11.4 Å². The van der Waals surface area contributed by atoms with Gasteiger partial charge in [0.15, 0.2) is 6.73 Å². The summed E-state index contributed by atoms with van der Waals surface area (Å²) in [6, 6.07) is 3.32. The lowest BCUT2D eigenvalue weighted by molar-refractivity contribution is -0.157. The molecule has 0 bridgehead atoms. The van der Waals surface area contributed by atoms with E-state index >= 15 is 0 Å². The zero-order chi connectivity index (χ0) is 14.8. The van der Waals surface area contributed by atoms with Crippen LogP contribution in [-0.4, -0.2) is 31.2 Å². The Labute approximate surface area is 115 Å². The molecule has 2 aromatic heterocycles. The topological polar surface area (TPSA) is 109 Å². The Morgan fingerprint density at radius 1 is 1.25 bits per heavy atom. The molecule has 0 atom stereocenters. The van der Waals surface area contributed by atoms with Crippen molar-refractivity contribution >= 4 is 11.8 Å². The first-order chi connectivity index (χ1) is 9.36. The minimum atomic E-state index is -0.550. The van der Waals surface area contributed by atoms with Crippen molar-refractivity contribution in [1.82, 2.24) is 25.2 Å². The summed E-state index contributed by atoms with van der Waals surface area (Å²) < 4.78 is 6.54. The van der Waals surface area contributed by atoms with Gasteiger partial charge in [-0.15, -0.1) is 15.3 Å². The van der Waals surface area contributed by atoms with Crippen molar-refractivity contribution in [2.45, 2.75) is 27.5 Å². The number of rotatable bonds is 3. The maximum absolute atomic E-state index is 11.6. The maximum Gasteiger partial charge on any atom is 0.313 e. The molecule has 2 aromatic rings. The third kappa shape index (κ3) is 3.28. The predicted molar refractivity (Wildman–Crippen MR) is 71.0 cm³/mol. The number of ether oxygens (including phenoxy) is 1. The van der Waals surface area contributed by atoms with Gasteiger partial charge in [-0.05, 0) is 32.9 Å². The SMILES string of the molecule is CC(C)(C)C(=O)OCn1cc(-c2ccc(N)nn2)nn1. The lowest BCUT2D eigenvalue weighted by atomic mass is 9.98. The first-order valence-corrected chi connectivity index (χ1v) is 6.03. The molecule has 0 amide bonds. The van der Waals surface area contributed by atoms with Gasteiger partial charge in [0.2, 0.25) is 0 Å². The fourth-order valence-corrected chi connectivity index (χ4v) is 1.30. The van der Waals surface area contributed by atoms with Crippen LogP contribution < -0.4 is 5.73 Å². The summed E-state index contributed by atoms with van der Waals surface area (Å²) in [6.07, 6.45) is 1.62. The zero-order valence-corrected chi connectivity index (χ0v) is 11.6. The van der Waals surface area contributed by atoms with E-state index in [1.807, 2.05) is 0 Å². The monoisotopic (exact) mass is 276 g/mol. The molecule has 2 N–H and O–H groups in total. The molecule has 0 saturated heterocycles. The number of nitrogens with zero attached hydrogens (tertiary/aromatic N) is 5. The lowest BCUT2D eigenvalue weighted by Gasteiger charge is -2.15. The van der Waals surface area contributed by atoms with Gasteiger partial charge >= 0.3 is 5.97 Å². The van der Waals surface area contributed by atoms with E-state index < -0.39 is 5.41 Å². The highest BCUT2D eigenvalue weighted by atomic mass is 16.5. The summed E-state index contributed by atoms with van der Waals surface area (Å²) >= 11 is 0. The average molecular weight is 276 g/mol. The first kappa shape index (κ1) is 13.9. The largest absolute Gasteiger partial charge is 0.442 e. The Hall–Kier alpha value is -2.51. The van der Waals surface area contributed by atoms with E-state index in [-0.39, 0.29) is 12.7 Å². The normalized spacial score (nSPS) is 11.3. The summed E-state index contributed by atoms with van der Waals surface area (Å²) in [6.45, 7) is 5.36. The van der Waals surface area contributed by atoms with E-state index in [1.165, 1.54) is 4.68 Å². The number of esters is 1. The molecular weight excluding hydrogens is 260 g/mol. The van der Waals surface area contributed by atoms with Crippen LogP contribution in [0.3, 0.4) is 0 Å². The second-order valence-electron chi connectivity index (χ2n) is 5.30. The van der Waals surface area contributed by atoms with Crippen LogP contribution in [0.2, 0.25) is 0 Å². The van der Waals surface area contributed by atoms with Crippen LogP contribution in [-0.2, 0) is 16.3 Å². The molecule has 0 fully saturated rings. The summed E-state index contributed by atoms with van der Waals surface area (Å²) in [5.74, 6) is 0.0297. The Morgan fingerprint density at radius 2 is 2.00 bits per heavy atom. The number of carbonyl (C=O) groups excluding carboxylic acids is 1. The number of carbonyl (C=O) groups is 1. The molecule has 0 aliphatic carbocycles. The fourth-order valence-electron chi connectivity index (χ4n) is 1.30. The third-order valence-corrected chi connectivity index (χ3v) is 2.43. The number of nitrogen functional groups attached to an aromatic ring is 1. The standard InChI is InChI=1S/C12H16N6O2/c1-12(2,3)11(19)20-7-18-6-9(15-17-18)8-4-5-10(13)16-14-8/h4-6H,7H2,1-3H3,(H2,13,16). The lowest BCUT2D eigenvalue weighted by Crippen LogP contribution is -2.24. The minimum absolute atomic E-state index is 0.00546. The van der Waals surface area contributed by atoms with Crippen molar-refractivity contribution in [2.75, 3.05) is 5.73 Å². The van der Waals surface area contributed by atoms with E-state index in [2.05, 4.69) is 20.5 Å². The van der Waals surface area contributed by atoms with Crippen molar-refractivity contribution in [1.29, 1.82) is 0 Å².